The number of methoxy groups -OCH3 is 2. The molecule has 2 aromatic rings. The minimum absolute atomic E-state index is 0.0702. The molecule has 0 aliphatic carbocycles. The number of aromatic nitrogens is 1. The van der Waals surface area contributed by atoms with Crippen molar-refractivity contribution in [3.8, 4) is 11.5 Å². The molecule has 1 aliphatic rings. The molecule has 6 nitrogen and oxygen atoms in total. The molecule has 1 atom stereocenters. The summed E-state index contributed by atoms with van der Waals surface area (Å²) in [5.41, 5.74) is 1.74. The van der Waals surface area contributed by atoms with E-state index in [4.69, 9.17) is 9.47 Å². The second-order valence-electron chi connectivity index (χ2n) is 7.35. The van der Waals surface area contributed by atoms with Crippen molar-refractivity contribution in [3.05, 3.63) is 47.7 Å². The minimum atomic E-state index is -0.0702. The van der Waals surface area contributed by atoms with Crippen LogP contribution in [0.25, 0.3) is 0 Å². The molecule has 1 N–H and O–H groups in total. The van der Waals surface area contributed by atoms with Gasteiger partial charge in [0.15, 0.2) is 11.5 Å². The monoisotopic (exact) mass is 397 g/mol. The third-order valence-electron chi connectivity index (χ3n) is 5.55. The van der Waals surface area contributed by atoms with Gasteiger partial charge in [-0.3, -0.25) is 4.79 Å². The van der Waals surface area contributed by atoms with E-state index in [1.54, 1.807) is 26.5 Å². The van der Waals surface area contributed by atoms with Gasteiger partial charge in [-0.25, -0.2) is 4.98 Å². The van der Waals surface area contributed by atoms with Crippen molar-refractivity contribution < 1.29 is 14.3 Å². The van der Waals surface area contributed by atoms with Gasteiger partial charge in [-0.1, -0.05) is 13.0 Å². The summed E-state index contributed by atoms with van der Waals surface area (Å²) in [4.78, 5) is 19.5. The van der Waals surface area contributed by atoms with Crippen molar-refractivity contribution in [2.75, 3.05) is 32.2 Å². The van der Waals surface area contributed by atoms with Crippen LogP contribution < -0.4 is 19.7 Å². The predicted molar refractivity (Wildman–Crippen MR) is 115 cm³/mol. The highest BCUT2D eigenvalue weighted by Gasteiger charge is 2.22. The first kappa shape index (κ1) is 21.0. The molecule has 6 heteroatoms. The number of nitrogens with zero attached hydrogens (tertiary/aromatic N) is 2. The maximum Gasteiger partial charge on any atom is 0.251 e. The molecule has 1 fully saturated rings. The van der Waals surface area contributed by atoms with Crippen molar-refractivity contribution >= 4 is 11.7 Å². The van der Waals surface area contributed by atoms with E-state index in [9.17, 15) is 4.79 Å². The summed E-state index contributed by atoms with van der Waals surface area (Å²) in [5, 5.41) is 3.01. The molecule has 0 bridgehead atoms. The van der Waals surface area contributed by atoms with E-state index in [1.807, 2.05) is 24.3 Å². The number of carbonyl (C=O) groups excluding carboxylic acids is 1. The second kappa shape index (κ2) is 10.1. The van der Waals surface area contributed by atoms with Crippen LogP contribution in [0.15, 0.2) is 36.5 Å². The molecule has 1 aromatic carbocycles. The highest BCUT2D eigenvalue weighted by atomic mass is 16.5. The van der Waals surface area contributed by atoms with Gasteiger partial charge in [0.1, 0.15) is 5.82 Å². The van der Waals surface area contributed by atoms with Crippen LogP contribution in [0.1, 0.15) is 48.5 Å². The number of piperidine rings is 1. The van der Waals surface area contributed by atoms with Crippen LogP contribution in [0.4, 0.5) is 5.82 Å². The van der Waals surface area contributed by atoms with Crippen molar-refractivity contribution in [1.82, 2.24) is 10.3 Å². The first-order valence-electron chi connectivity index (χ1n) is 10.4. The zero-order valence-corrected chi connectivity index (χ0v) is 17.6. The van der Waals surface area contributed by atoms with Gasteiger partial charge in [0.2, 0.25) is 0 Å². The number of nitrogens with one attached hydrogen (secondary N) is 1. The van der Waals surface area contributed by atoms with Crippen LogP contribution in [-0.4, -0.2) is 44.2 Å². The van der Waals surface area contributed by atoms with Crippen LogP contribution in [0, 0.1) is 0 Å². The molecule has 29 heavy (non-hydrogen) atoms. The summed E-state index contributed by atoms with van der Waals surface area (Å²) in [5.74, 6) is 2.23. The molecule has 156 valence electrons. The standard InChI is InChI=1S/C23H31N3O3/c1-4-19-7-5-6-14-26(19)22-16-18(11-13-24-22)23(27)25-12-10-17-8-9-20(28-2)21(15-17)29-3/h8-9,11,13,15-16,19H,4-7,10,12,14H2,1-3H3,(H,25,27). The molecular formula is C23H31N3O3. The highest BCUT2D eigenvalue weighted by molar-refractivity contribution is 5.94. The Morgan fingerprint density at radius 3 is 2.76 bits per heavy atom. The Balaban J connectivity index is 1.60. The smallest absolute Gasteiger partial charge is 0.251 e. The third kappa shape index (κ3) is 5.19. The molecule has 1 unspecified atom stereocenters. The summed E-state index contributed by atoms with van der Waals surface area (Å²) in [7, 11) is 3.24. The number of pyridine rings is 1. The average Bonchev–Trinajstić information content (AvgIpc) is 2.78. The largest absolute Gasteiger partial charge is 0.493 e. The van der Waals surface area contributed by atoms with Crippen molar-refractivity contribution in [3.63, 3.8) is 0 Å². The van der Waals surface area contributed by atoms with Gasteiger partial charge in [0.05, 0.1) is 14.2 Å². The Morgan fingerprint density at radius 2 is 2.00 bits per heavy atom. The first-order valence-corrected chi connectivity index (χ1v) is 10.4. The Morgan fingerprint density at radius 1 is 1.17 bits per heavy atom. The molecule has 0 saturated carbocycles. The number of ether oxygens (including phenoxy) is 2. The number of anilines is 1. The van der Waals surface area contributed by atoms with Gasteiger partial charge >= 0.3 is 0 Å². The fourth-order valence-electron chi connectivity index (χ4n) is 3.90. The first-order chi connectivity index (χ1) is 14.2. The molecule has 3 rings (SSSR count). The summed E-state index contributed by atoms with van der Waals surface area (Å²) in [6.45, 7) is 3.77. The van der Waals surface area contributed by atoms with E-state index in [0.717, 1.165) is 24.3 Å². The number of hydrogen-bond donors (Lipinski definition) is 1. The lowest BCUT2D eigenvalue weighted by Gasteiger charge is -2.36. The van der Waals surface area contributed by atoms with Gasteiger partial charge in [0, 0.05) is 30.9 Å². The molecule has 2 heterocycles. The average molecular weight is 398 g/mol. The summed E-state index contributed by atoms with van der Waals surface area (Å²) in [6, 6.07) is 10.0. The quantitative estimate of drug-likeness (QED) is 0.733. The SMILES string of the molecule is CCC1CCCCN1c1cc(C(=O)NCCc2ccc(OC)c(OC)c2)ccn1. The van der Waals surface area contributed by atoms with E-state index in [2.05, 4.69) is 22.1 Å². The summed E-state index contributed by atoms with van der Waals surface area (Å²) < 4.78 is 10.6. The van der Waals surface area contributed by atoms with E-state index in [1.165, 1.54) is 19.3 Å². The Labute approximate surface area is 173 Å². The zero-order valence-electron chi connectivity index (χ0n) is 17.6. The molecular weight excluding hydrogens is 366 g/mol. The number of hydrogen-bond acceptors (Lipinski definition) is 5. The van der Waals surface area contributed by atoms with Crippen LogP contribution >= 0.6 is 0 Å². The van der Waals surface area contributed by atoms with E-state index < -0.39 is 0 Å². The maximum absolute atomic E-state index is 12.6. The van der Waals surface area contributed by atoms with Crippen LogP contribution in [-0.2, 0) is 6.42 Å². The third-order valence-corrected chi connectivity index (χ3v) is 5.55. The molecule has 1 saturated heterocycles. The lowest BCUT2D eigenvalue weighted by atomic mass is 10.00. The zero-order chi connectivity index (χ0) is 20.6. The van der Waals surface area contributed by atoms with Crippen molar-refractivity contribution in [1.29, 1.82) is 0 Å². The van der Waals surface area contributed by atoms with Crippen LogP contribution in [0.3, 0.4) is 0 Å². The van der Waals surface area contributed by atoms with Gasteiger partial charge in [0.25, 0.3) is 5.91 Å². The molecule has 1 amide bonds. The lowest BCUT2D eigenvalue weighted by Crippen LogP contribution is -2.39. The van der Waals surface area contributed by atoms with Crippen LogP contribution in [0.5, 0.6) is 11.5 Å². The Kier molecular flexibility index (Phi) is 7.33. The molecule has 0 spiro atoms. The van der Waals surface area contributed by atoms with E-state index in [-0.39, 0.29) is 5.91 Å². The van der Waals surface area contributed by atoms with E-state index >= 15 is 0 Å². The predicted octanol–water partition coefficient (Wildman–Crippen LogP) is 3.84. The van der Waals surface area contributed by atoms with Gasteiger partial charge in [-0.2, -0.15) is 0 Å². The van der Waals surface area contributed by atoms with Crippen molar-refractivity contribution in [2.24, 2.45) is 0 Å². The second-order valence-corrected chi connectivity index (χ2v) is 7.35. The summed E-state index contributed by atoms with van der Waals surface area (Å²) in [6.07, 6.45) is 7.20. The fraction of sp³-hybridized carbons (Fsp3) is 0.478. The Hall–Kier alpha value is -2.76. The molecule has 0 radical (unpaired) electrons. The highest BCUT2D eigenvalue weighted by Crippen LogP contribution is 2.28. The maximum atomic E-state index is 12.6. The summed E-state index contributed by atoms with van der Waals surface area (Å²) >= 11 is 0. The molecule has 1 aliphatic heterocycles. The van der Waals surface area contributed by atoms with Gasteiger partial charge < -0.3 is 19.7 Å². The lowest BCUT2D eigenvalue weighted by molar-refractivity contribution is 0.0954. The normalized spacial score (nSPS) is 16.4. The van der Waals surface area contributed by atoms with E-state index in [0.29, 0.717) is 36.1 Å². The van der Waals surface area contributed by atoms with Gasteiger partial charge in [-0.05, 0) is 61.9 Å². The number of rotatable bonds is 8. The number of carbonyl (C=O) groups is 1. The van der Waals surface area contributed by atoms with Crippen LogP contribution in [0.2, 0.25) is 0 Å². The van der Waals surface area contributed by atoms with Gasteiger partial charge in [-0.15, -0.1) is 0 Å². The number of benzene rings is 1. The number of amides is 1. The minimum Gasteiger partial charge on any atom is -0.493 e. The topological polar surface area (TPSA) is 63.7 Å². The fourth-order valence-corrected chi connectivity index (χ4v) is 3.90. The van der Waals surface area contributed by atoms with Crippen molar-refractivity contribution in [2.45, 2.75) is 45.1 Å². The Bertz CT molecular complexity index is 825. The molecule has 1 aromatic heterocycles.